The average Bonchev–Trinajstić information content (AvgIpc) is 3.84. The van der Waals surface area contributed by atoms with Crippen molar-refractivity contribution in [3.63, 3.8) is 0 Å². The van der Waals surface area contributed by atoms with Gasteiger partial charge in [-0.2, -0.15) is 0 Å². The summed E-state index contributed by atoms with van der Waals surface area (Å²) in [5, 5.41) is 0. The Kier molecular flexibility index (Phi) is 13.9. The number of hydrogen-bond acceptors (Lipinski definition) is 0. The Morgan fingerprint density at radius 3 is 1.07 bits per heavy atom. The van der Waals surface area contributed by atoms with Crippen molar-refractivity contribution < 1.29 is 68.2 Å². The van der Waals surface area contributed by atoms with Gasteiger partial charge in [-0.15, -0.1) is 0 Å². The first-order chi connectivity index (χ1) is 31.6. The molecule has 0 aliphatic heterocycles. The molecule has 0 spiro atoms. The Morgan fingerprint density at radius 2 is 0.794 bits per heavy atom. The van der Waals surface area contributed by atoms with Crippen LogP contribution in [0.2, 0.25) is 13.1 Å². The van der Waals surface area contributed by atoms with Gasteiger partial charge in [-0.1, -0.05) is 0 Å². The van der Waals surface area contributed by atoms with E-state index in [9.17, 15) is 52.7 Å². The molecule has 4 aromatic rings. The molecular weight excluding hydrogens is 1040 g/mol. The molecule has 4 aliphatic rings. The molecule has 0 amide bonds. The van der Waals surface area contributed by atoms with Crippen LogP contribution in [0.5, 0.6) is 0 Å². The summed E-state index contributed by atoms with van der Waals surface area (Å²) in [7, 11) is 17.7. The van der Waals surface area contributed by atoms with Crippen molar-refractivity contribution in [1.29, 1.82) is 0 Å². The van der Waals surface area contributed by atoms with E-state index in [4.69, 9.17) is 17.0 Å². The maximum atomic E-state index is 14.4. The quantitative estimate of drug-likeness (QED) is 0.116. The van der Waals surface area contributed by atoms with Crippen LogP contribution < -0.4 is 0 Å². The number of alkyl halides is 12. The van der Waals surface area contributed by atoms with Crippen molar-refractivity contribution in [1.82, 2.24) is 0 Å². The summed E-state index contributed by atoms with van der Waals surface area (Å²) in [6.45, 7) is 7.87. The third-order valence-electron chi connectivity index (χ3n) is 15.5. The second-order valence-corrected chi connectivity index (χ2v) is 62.7. The van der Waals surface area contributed by atoms with Gasteiger partial charge < -0.3 is 0 Å². The van der Waals surface area contributed by atoms with Crippen molar-refractivity contribution in [2.45, 2.75) is 136 Å². The fraction of sp³-hybridized carbons (Fsp3) is 0.462. The van der Waals surface area contributed by atoms with E-state index in [1.807, 2.05) is 26.0 Å². The first-order valence-corrected chi connectivity index (χ1v) is 39.7. The van der Waals surface area contributed by atoms with Crippen molar-refractivity contribution >= 4 is 35.1 Å². The van der Waals surface area contributed by atoms with Gasteiger partial charge in [-0.3, -0.25) is 0 Å². The summed E-state index contributed by atoms with van der Waals surface area (Å²) in [4.78, 5) is 0. The first kappa shape index (κ1) is 51.6. The molecule has 367 valence electrons. The summed E-state index contributed by atoms with van der Waals surface area (Å²) >= 11 is -5.95. The molecule has 2 unspecified atom stereocenters. The normalized spacial score (nSPS) is 20.5. The van der Waals surface area contributed by atoms with Gasteiger partial charge in [0.15, 0.2) is 0 Å². The van der Waals surface area contributed by atoms with E-state index in [2.05, 4.69) is 13.1 Å². The van der Waals surface area contributed by atoms with Gasteiger partial charge in [-0.05, 0) is 0 Å². The van der Waals surface area contributed by atoms with Crippen molar-refractivity contribution in [3.8, 4) is 22.3 Å². The Bertz CT molecular complexity index is 2420. The summed E-state index contributed by atoms with van der Waals surface area (Å²) in [6.07, 6.45) is -5.75. The molecule has 0 radical (unpaired) electrons. The zero-order chi connectivity index (χ0) is 49.5. The molecule has 2 atom stereocenters. The molecule has 0 bridgehead atoms. The predicted octanol–water partition coefficient (Wildman–Crippen LogP) is 19.2. The fourth-order valence-corrected chi connectivity index (χ4v) is 43.6. The van der Waals surface area contributed by atoms with Crippen LogP contribution in [0.25, 0.3) is 34.4 Å². The van der Waals surface area contributed by atoms with Crippen LogP contribution >= 0.6 is 17.0 Å². The van der Waals surface area contributed by atoms with E-state index in [0.717, 1.165) is 99.6 Å². The third kappa shape index (κ3) is 9.65. The van der Waals surface area contributed by atoms with Crippen LogP contribution in [0, 0.1) is 25.7 Å². The maximum absolute atomic E-state index is 14.4. The predicted molar refractivity (Wildman–Crippen MR) is 248 cm³/mol. The third-order valence-corrected chi connectivity index (χ3v) is 67.2. The molecule has 0 aromatic heterocycles. The molecular formula is C52H53Cl2F12SiZr. The Balaban J connectivity index is 1.41. The minimum absolute atomic E-state index is 0.112. The number of aryl methyl sites for hydroxylation is 2. The van der Waals surface area contributed by atoms with Crippen LogP contribution in [-0.4, -0.2) is 5.92 Å². The molecule has 4 aromatic carbocycles. The summed E-state index contributed by atoms with van der Waals surface area (Å²) in [6, 6.07) is 9.72. The van der Waals surface area contributed by atoms with Crippen LogP contribution in [0.1, 0.15) is 140 Å². The molecule has 2 saturated carbocycles. The number of fused-ring (bicyclic) bond motifs is 2. The van der Waals surface area contributed by atoms with E-state index in [0.29, 0.717) is 46.2 Å². The first-order valence-electron chi connectivity index (χ1n) is 23.4. The van der Waals surface area contributed by atoms with Crippen LogP contribution in [-0.2, 0) is 40.3 Å². The van der Waals surface area contributed by atoms with Crippen LogP contribution in [0.4, 0.5) is 52.7 Å². The molecule has 68 heavy (non-hydrogen) atoms. The number of hydrogen-bond donors (Lipinski definition) is 0. The molecule has 0 heterocycles. The number of benzene rings is 4. The van der Waals surface area contributed by atoms with E-state index >= 15 is 0 Å². The number of rotatable bonds is 9. The van der Waals surface area contributed by atoms with Crippen LogP contribution in [0.15, 0.2) is 71.8 Å². The zero-order valence-corrected chi connectivity index (χ0v) is 43.2. The molecule has 0 N–H and O–H groups in total. The van der Waals surface area contributed by atoms with Crippen molar-refractivity contribution in [2.24, 2.45) is 11.8 Å². The standard InChI is InChI=1S/2C25H23F6.C2H7Si.2ClH.Zr/c2*1-15-7-8-21(18-12-19(24(26,27)28)14-20(13-18)25(29,30)31)23-11-17(10-22(15)23)9-16-5-3-2-4-6-16;1-3-2;;;/h2*7-8,10-14,16H,2-6,9H2,1H3;3H,1-2H3;2*1H;/q;;;;;+2/p-2. The van der Waals surface area contributed by atoms with E-state index in [1.165, 1.54) is 0 Å². The number of halogens is 14. The Morgan fingerprint density at radius 1 is 0.485 bits per heavy atom. The molecule has 8 rings (SSSR count). The van der Waals surface area contributed by atoms with E-state index in [-0.39, 0.29) is 46.2 Å². The molecule has 0 nitrogen and oxygen atoms in total. The molecule has 4 aliphatic carbocycles. The topological polar surface area (TPSA) is 0 Å². The van der Waals surface area contributed by atoms with Gasteiger partial charge in [0.25, 0.3) is 0 Å². The van der Waals surface area contributed by atoms with E-state index < -0.39 is 75.7 Å². The average molecular weight is 1100 g/mol. The van der Waals surface area contributed by atoms with E-state index in [1.54, 1.807) is 24.3 Å². The van der Waals surface area contributed by atoms with Gasteiger partial charge in [-0.25, -0.2) is 0 Å². The summed E-state index contributed by atoms with van der Waals surface area (Å²) in [5.74, 6) is -2.01. The summed E-state index contributed by atoms with van der Waals surface area (Å²) in [5.41, 5.74) is -0.473. The second-order valence-electron chi connectivity index (χ2n) is 20.2. The monoisotopic (exact) mass is 1090 g/mol. The van der Waals surface area contributed by atoms with Crippen LogP contribution in [0.3, 0.4) is 0 Å². The fourth-order valence-electron chi connectivity index (χ4n) is 12.1. The van der Waals surface area contributed by atoms with Gasteiger partial charge in [0.1, 0.15) is 0 Å². The van der Waals surface area contributed by atoms with Gasteiger partial charge >= 0.3 is 401 Å². The Hall–Kier alpha value is -2.80. The van der Waals surface area contributed by atoms with Gasteiger partial charge in [0, 0.05) is 0 Å². The number of allylic oxidation sites excluding steroid dienone is 2. The minimum atomic E-state index is -5.95. The molecule has 16 heteroatoms. The Labute approximate surface area is 398 Å². The van der Waals surface area contributed by atoms with Gasteiger partial charge in [0.05, 0.1) is 0 Å². The summed E-state index contributed by atoms with van der Waals surface area (Å²) < 4.78 is 171. The van der Waals surface area contributed by atoms with Gasteiger partial charge in [0.2, 0.25) is 0 Å². The molecule has 0 saturated heterocycles. The van der Waals surface area contributed by atoms with Crippen molar-refractivity contribution in [3.05, 3.63) is 127 Å². The molecule has 2 fully saturated rings. The van der Waals surface area contributed by atoms with Crippen molar-refractivity contribution in [2.75, 3.05) is 0 Å². The second kappa shape index (κ2) is 18.4. The zero-order valence-electron chi connectivity index (χ0n) is 38.1. The SMILES string of the molecule is Cc1ccc(-c2cc(C(F)(F)F)cc(C(F)(F)F)c2)c2c1[CH]([Zr]([Cl])([Cl])([CH]1C(CC3CCCCC3)=Cc3c(-c4cc(C(F)(F)F)cc(C(F)(F)F)c4)ccc(C)c31)[SiH](C)C)C(CC1CCCCC1)=C2.